The Balaban J connectivity index is 0.000000640. The molecule has 0 spiro atoms. The van der Waals surface area contributed by atoms with Gasteiger partial charge in [-0.05, 0) is 6.92 Å². The van der Waals surface area contributed by atoms with E-state index in [1.807, 2.05) is 6.92 Å². The molecule has 4 N–H and O–H groups in total. The van der Waals surface area contributed by atoms with Crippen LogP contribution in [0.1, 0.15) is 6.92 Å². The van der Waals surface area contributed by atoms with E-state index in [9.17, 15) is 4.79 Å². The molecular weight excluding hydrogens is 118 g/mol. The van der Waals surface area contributed by atoms with Gasteiger partial charge in [0.1, 0.15) is 0 Å². The summed E-state index contributed by atoms with van der Waals surface area (Å²) in [6.45, 7) is 4.48. The molecule has 0 bridgehead atoms. The Morgan fingerprint density at radius 2 is 2.44 bits per heavy atom. The van der Waals surface area contributed by atoms with E-state index in [0.717, 1.165) is 19.6 Å². The highest BCUT2D eigenvalue weighted by molar-refractivity contribution is 5.75. The van der Waals surface area contributed by atoms with Gasteiger partial charge in [-0.3, -0.25) is 0 Å². The van der Waals surface area contributed by atoms with E-state index in [1.165, 1.54) is 0 Å². The summed E-state index contributed by atoms with van der Waals surface area (Å²) >= 11 is 0. The van der Waals surface area contributed by atoms with Crippen molar-refractivity contribution in [2.24, 2.45) is 0 Å². The van der Waals surface area contributed by atoms with Crippen LogP contribution in [-0.2, 0) is 0 Å². The molecule has 4 nitrogen and oxygen atoms in total. The first-order chi connectivity index (χ1) is 3.84. The molecule has 1 aliphatic heterocycles. The van der Waals surface area contributed by atoms with E-state index < -0.39 is 0 Å². The highest BCUT2D eigenvalue weighted by Gasteiger charge is 2.15. The quantitative estimate of drug-likeness (QED) is 0.533. The molecule has 9 heavy (non-hydrogen) atoms. The zero-order valence-electron chi connectivity index (χ0n) is 5.68. The van der Waals surface area contributed by atoms with Gasteiger partial charge in [0.25, 0.3) is 0 Å². The van der Waals surface area contributed by atoms with Gasteiger partial charge in [0.05, 0.1) is 0 Å². The zero-order chi connectivity index (χ0) is 5.98. The lowest BCUT2D eigenvalue weighted by Crippen LogP contribution is -2.27. The van der Waals surface area contributed by atoms with Crippen LogP contribution in [0.25, 0.3) is 0 Å². The Labute approximate surface area is 54.8 Å². The molecule has 0 saturated carbocycles. The predicted molar refractivity (Wildman–Crippen MR) is 35.7 cm³/mol. The molecule has 1 aliphatic rings. The van der Waals surface area contributed by atoms with E-state index in [1.54, 1.807) is 4.90 Å². The minimum Gasteiger partial charge on any atom is -0.344 e. The summed E-state index contributed by atoms with van der Waals surface area (Å²) in [6, 6.07) is 0.0764. The molecule has 0 radical (unpaired) electrons. The highest BCUT2D eigenvalue weighted by atomic mass is 16.2. The first-order valence-electron chi connectivity index (χ1n) is 2.87. The number of urea groups is 1. The third kappa shape index (κ3) is 1.57. The number of hydrogen-bond acceptors (Lipinski definition) is 2. The van der Waals surface area contributed by atoms with Crippen LogP contribution < -0.4 is 11.5 Å². The molecule has 0 aromatic rings. The average molecular weight is 131 g/mol. The first-order valence-corrected chi connectivity index (χ1v) is 2.87. The molecule has 1 fully saturated rings. The molecule has 1 rings (SSSR count). The van der Waals surface area contributed by atoms with E-state index in [-0.39, 0.29) is 12.2 Å². The molecule has 1 saturated heterocycles. The first kappa shape index (κ1) is 8.23. The molecule has 0 aromatic carbocycles. The third-order valence-electron chi connectivity index (χ3n) is 1.33. The van der Waals surface area contributed by atoms with Crippen LogP contribution in [0.3, 0.4) is 0 Å². The summed E-state index contributed by atoms with van der Waals surface area (Å²) in [5.41, 5.74) is 0. The largest absolute Gasteiger partial charge is 0.344 e. The molecule has 1 heterocycles. The van der Waals surface area contributed by atoms with Crippen LogP contribution in [-0.4, -0.2) is 30.6 Å². The molecule has 0 aromatic heterocycles. The fourth-order valence-electron chi connectivity index (χ4n) is 0.813. The Bertz CT molecular complexity index is 104. The minimum atomic E-state index is 0. The fourth-order valence-corrected chi connectivity index (χ4v) is 0.813. The van der Waals surface area contributed by atoms with Crippen LogP contribution in [0, 0.1) is 0 Å². The average Bonchev–Trinajstić information content (AvgIpc) is 2.14. The Morgan fingerprint density at radius 3 is 2.67 bits per heavy atom. The van der Waals surface area contributed by atoms with Crippen LogP contribution >= 0.6 is 0 Å². The molecule has 0 aliphatic carbocycles. The maximum absolute atomic E-state index is 10.6. The van der Waals surface area contributed by atoms with Gasteiger partial charge < -0.3 is 16.4 Å². The van der Waals surface area contributed by atoms with Gasteiger partial charge in [-0.2, -0.15) is 0 Å². The highest BCUT2D eigenvalue weighted by Crippen LogP contribution is 1.93. The van der Waals surface area contributed by atoms with Gasteiger partial charge in [-0.25, -0.2) is 4.79 Å². The number of likely N-dealkylation sites (N-methyl/N-ethyl adjacent to an activating group) is 1. The fraction of sp³-hybridized carbons (Fsp3) is 0.800. The van der Waals surface area contributed by atoms with E-state index >= 15 is 0 Å². The summed E-state index contributed by atoms with van der Waals surface area (Å²) in [5.74, 6) is 0. The number of carbonyl (C=O) groups is 1. The number of nitrogens with one attached hydrogen (secondary N) is 1. The Hall–Kier alpha value is -0.770. The standard InChI is InChI=1S/C5H10N2O.H3N/c1-2-7-4-3-6-5(7)8;/h2-4H2,1H3,(H,6,8);1H3. The lowest BCUT2D eigenvalue weighted by molar-refractivity contribution is 0.219. The van der Waals surface area contributed by atoms with Gasteiger partial charge in [0.2, 0.25) is 0 Å². The second kappa shape index (κ2) is 3.29. The number of carbonyl (C=O) groups excluding carboxylic acids is 1. The monoisotopic (exact) mass is 131 g/mol. The van der Waals surface area contributed by atoms with Crippen LogP contribution in [0.5, 0.6) is 0 Å². The summed E-state index contributed by atoms with van der Waals surface area (Å²) in [5, 5.41) is 2.71. The van der Waals surface area contributed by atoms with Crippen LogP contribution in [0.15, 0.2) is 0 Å². The summed E-state index contributed by atoms with van der Waals surface area (Å²) in [6.07, 6.45) is 0. The van der Waals surface area contributed by atoms with Crippen molar-refractivity contribution < 1.29 is 4.79 Å². The van der Waals surface area contributed by atoms with Crippen molar-refractivity contribution in [2.45, 2.75) is 6.92 Å². The smallest absolute Gasteiger partial charge is 0.317 e. The van der Waals surface area contributed by atoms with Gasteiger partial charge >= 0.3 is 6.03 Å². The van der Waals surface area contributed by atoms with Crippen molar-refractivity contribution >= 4 is 6.03 Å². The zero-order valence-corrected chi connectivity index (χ0v) is 5.68. The SMILES string of the molecule is CCN1CCNC1=O.N. The van der Waals surface area contributed by atoms with Gasteiger partial charge in [-0.15, -0.1) is 0 Å². The summed E-state index contributed by atoms with van der Waals surface area (Å²) in [7, 11) is 0. The molecule has 4 heteroatoms. The van der Waals surface area contributed by atoms with Gasteiger partial charge in [-0.1, -0.05) is 0 Å². The maximum atomic E-state index is 10.6. The van der Waals surface area contributed by atoms with Crippen LogP contribution in [0.4, 0.5) is 4.79 Å². The second-order valence-corrected chi connectivity index (χ2v) is 1.81. The molecule has 54 valence electrons. The number of nitrogens with zero attached hydrogens (tertiary/aromatic N) is 1. The molecule has 2 amide bonds. The van der Waals surface area contributed by atoms with E-state index in [2.05, 4.69) is 5.32 Å². The van der Waals surface area contributed by atoms with Crippen molar-refractivity contribution in [3.63, 3.8) is 0 Å². The van der Waals surface area contributed by atoms with E-state index in [4.69, 9.17) is 0 Å². The number of amides is 2. The van der Waals surface area contributed by atoms with Crippen molar-refractivity contribution in [1.29, 1.82) is 0 Å². The minimum absolute atomic E-state index is 0. The topological polar surface area (TPSA) is 67.3 Å². The Morgan fingerprint density at radius 1 is 1.78 bits per heavy atom. The van der Waals surface area contributed by atoms with E-state index in [0.29, 0.717) is 0 Å². The van der Waals surface area contributed by atoms with Crippen molar-refractivity contribution in [3.8, 4) is 0 Å². The van der Waals surface area contributed by atoms with Crippen LogP contribution in [0.2, 0.25) is 0 Å². The lowest BCUT2D eigenvalue weighted by atomic mass is 10.6. The maximum Gasteiger partial charge on any atom is 0.317 e. The van der Waals surface area contributed by atoms with Crippen molar-refractivity contribution in [1.82, 2.24) is 16.4 Å². The van der Waals surface area contributed by atoms with Gasteiger partial charge in [0.15, 0.2) is 0 Å². The lowest BCUT2D eigenvalue weighted by Gasteiger charge is -2.08. The normalized spacial score (nSPS) is 17.0. The predicted octanol–water partition coefficient (Wildman–Crippen LogP) is 0.194. The molecular formula is C5H13N3O. The van der Waals surface area contributed by atoms with Gasteiger partial charge in [0, 0.05) is 19.6 Å². The number of rotatable bonds is 1. The van der Waals surface area contributed by atoms with Crippen molar-refractivity contribution in [2.75, 3.05) is 19.6 Å². The summed E-state index contributed by atoms with van der Waals surface area (Å²) in [4.78, 5) is 12.4. The molecule has 0 atom stereocenters. The molecule has 0 unspecified atom stereocenters. The second-order valence-electron chi connectivity index (χ2n) is 1.81. The summed E-state index contributed by atoms with van der Waals surface area (Å²) < 4.78 is 0. The Kier molecular flexibility index (Phi) is 3.01. The van der Waals surface area contributed by atoms with Crippen molar-refractivity contribution in [3.05, 3.63) is 0 Å². The number of hydrogen-bond donors (Lipinski definition) is 2. The third-order valence-corrected chi connectivity index (χ3v) is 1.33.